The molecule has 0 fully saturated rings. The molecule has 2 aliphatic rings. The number of aliphatic hydroxyl groups excluding tert-OH is 2. The Morgan fingerprint density at radius 1 is 0.703 bits per heavy atom. The second-order valence-electron chi connectivity index (χ2n) is 8.41. The molecule has 4 N–H and O–H groups in total. The fraction of sp³-hybridized carbons (Fsp3) is 0.138. The molecule has 0 saturated heterocycles. The van der Waals surface area contributed by atoms with Crippen LogP contribution in [0.4, 0.5) is 0 Å². The van der Waals surface area contributed by atoms with Gasteiger partial charge in [-0.15, -0.1) is 0 Å². The summed E-state index contributed by atoms with van der Waals surface area (Å²) in [5, 5.41) is 16.0. The second kappa shape index (κ2) is 13.5. The SMILES string of the molecule is C1=Cc2cc3ccc(cc4ccc(cc5nc(cc1n2)C=C5)[nH]4)[nH]3.CC(O)CO.Cc1ccccn1.[Mn]. The van der Waals surface area contributed by atoms with Crippen molar-refractivity contribution in [1.82, 2.24) is 24.9 Å². The number of aryl methyl sites for hydroxylation is 1. The van der Waals surface area contributed by atoms with Crippen LogP contribution in [0.2, 0.25) is 0 Å². The zero-order valence-corrected chi connectivity index (χ0v) is 21.8. The van der Waals surface area contributed by atoms with E-state index < -0.39 is 6.10 Å². The maximum Gasteiger partial charge on any atom is 0.0742 e. The van der Waals surface area contributed by atoms with Gasteiger partial charge in [0.05, 0.1) is 35.5 Å². The zero-order chi connectivity index (χ0) is 25.3. The number of aromatic amines is 2. The van der Waals surface area contributed by atoms with Gasteiger partial charge < -0.3 is 20.2 Å². The minimum atomic E-state index is -0.560. The molecule has 37 heavy (non-hydrogen) atoms. The van der Waals surface area contributed by atoms with Gasteiger partial charge in [-0.25, -0.2) is 9.97 Å². The first-order valence-electron chi connectivity index (χ1n) is 11.7. The van der Waals surface area contributed by atoms with Crippen molar-refractivity contribution in [2.45, 2.75) is 20.0 Å². The Hall–Kier alpha value is -3.81. The van der Waals surface area contributed by atoms with Crippen molar-refractivity contribution in [3.63, 3.8) is 0 Å². The van der Waals surface area contributed by atoms with Crippen LogP contribution in [-0.4, -0.2) is 47.8 Å². The fourth-order valence-electron chi connectivity index (χ4n) is 3.39. The maximum absolute atomic E-state index is 8.11. The van der Waals surface area contributed by atoms with Gasteiger partial charge in [-0.3, -0.25) is 4.98 Å². The minimum absolute atomic E-state index is 0. The molecule has 0 aliphatic carbocycles. The van der Waals surface area contributed by atoms with Crippen molar-refractivity contribution in [2.75, 3.05) is 6.61 Å². The number of nitrogens with one attached hydrogen (secondary N) is 2. The van der Waals surface area contributed by atoms with E-state index in [0.29, 0.717) is 0 Å². The number of hydrogen-bond acceptors (Lipinski definition) is 5. The zero-order valence-electron chi connectivity index (χ0n) is 20.6. The van der Waals surface area contributed by atoms with E-state index in [1.54, 1.807) is 6.20 Å². The average molecular weight is 535 g/mol. The van der Waals surface area contributed by atoms with Crippen LogP contribution < -0.4 is 0 Å². The number of fused-ring (bicyclic) bond motifs is 8. The van der Waals surface area contributed by atoms with E-state index in [0.717, 1.165) is 50.5 Å². The summed E-state index contributed by atoms with van der Waals surface area (Å²) < 4.78 is 0. The molecule has 1 radical (unpaired) electrons. The number of nitrogens with zero attached hydrogens (tertiary/aromatic N) is 3. The van der Waals surface area contributed by atoms with Crippen LogP contribution in [0.25, 0.3) is 46.4 Å². The minimum Gasteiger partial charge on any atom is -0.394 e. The molecule has 7 nitrogen and oxygen atoms in total. The Bertz CT molecular complexity index is 1430. The summed E-state index contributed by atoms with van der Waals surface area (Å²) in [6.45, 7) is 3.36. The summed E-state index contributed by atoms with van der Waals surface area (Å²) >= 11 is 0. The van der Waals surface area contributed by atoms with Gasteiger partial charge in [0.1, 0.15) is 0 Å². The van der Waals surface area contributed by atoms with E-state index in [1.165, 1.54) is 6.92 Å². The fourth-order valence-corrected chi connectivity index (χ4v) is 3.39. The Kier molecular flexibility index (Phi) is 10.1. The van der Waals surface area contributed by atoms with Gasteiger partial charge in [0.2, 0.25) is 0 Å². The summed E-state index contributed by atoms with van der Waals surface area (Å²) in [5.74, 6) is 0. The largest absolute Gasteiger partial charge is 0.394 e. The van der Waals surface area contributed by atoms with Crippen molar-refractivity contribution >= 4 is 46.4 Å². The molecular weight excluding hydrogens is 505 g/mol. The second-order valence-corrected chi connectivity index (χ2v) is 8.41. The van der Waals surface area contributed by atoms with Gasteiger partial charge in [-0.2, -0.15) is 0 Å². The topological polar surface area (TPSA) is 111 Å². The normalized spacial score (nSPS) is 11.9. The van der Waals surface area contributed by atoms with Gasteiger partial charge in [-0.05, 0) is 98.8 Å². The Labute approximate surface area is 226 Å². The van der Waals surface area contributed by atoms with Crippen LogP contribution in [0, 0.1) is 6.92 Å². The van der Waals surface area contributed by atoms with Crippen LogP contribution in [-0.2, 0) is 17.1 Å². The Morgan fingerprint density at radius 3 is 1.49 bits per heavy atom. The first-order valence-corrected chi connectivity index (χ1v) is 11.7. The van der Waals surface area contributed by atoms with E-state index in [2.05, 4.69) is 55.3 Å². The Morgan fingerprint density at radius 2 is 1.14 bits per heavy atom. The molecule has 8 heteroatoms. The van der Waals surface area contributed by atoms with Gasteiger partial charge in [0.15, 0.2) is 0 Å². The molecule has 6 rings (SSSR count). The summed E-state index contributed by atoms with van der Waals surface area (Å²) in [6.07, 6.45) is 9.27. The number of aromatic nitrogens is 5. The molecular formula is C29H29MnN5O2. The van der Waals surface area contributed by atoms with Crippen molar-refractivity contribution in [1.29, 1.82) is 0 Å². The molecule has 0 aromatic carbocycles. The van der Waals surface area contributed by atoms with Gasteiger partial charge >= 0.3 is 0 Å². The van der Waals surface area contributed by atoms with E-state index in [9.17, 15) is 0 Å². The number of rotatable bonds is 1. The van der Waals surface area contributed by atoms with Crippen molar-refractivity contribution in [3.8, 4) is 0 Å². The first kappa shape index (κ1) is 27.8. The van der Waals surface area contributed by atoms with Crippen molar-refractivity contribution in [3.05, 3.63) is 101 Å². The van der Waals surface area contributed by atoms with Gasteiger partial charge in [0.25, 0.3) is 0 Å². The standard InChI is InChI=1S/C20H14N4.C6H7N.C3H8O2.Mn/c1-2-14-10-16-5-6-18(23-16)12-20-8-7-19(24-20)11-17-4-3-15(22-17)9-13(1)21-14;1-6-4-2-3-5-7-6;1-3(5)2-4;/h1-12,21-22H;2-5H,1H3;3-5H,2H2,1H3;. The third kappa shape index (κ3) is 8.66. The quantitative estimate of drug-likeness (QED) is 0.211. The van der Waals surface area contributed by atoms with Gasteiger partial charge in [0, 0.05) is 51.0 Å². The number of H-pyrrole nitrogens is 2. The van der Waals surface area contributed by atoms with Crippen LogP contribution in [0.3, 0.4) is 0 Å². The van der Waals surface area contributed by atoms with E-state index in [1.807, 2.05) is 67.6 Å². The van der Waals surface area contributed by atoms with Crippen molar-refractivity contribution in [2.24, 2.45) is 0 Å². The Balaban J connectivity index is 0.000000245. The molecule has 1 atom stereocenters. The van der Waals surface area contributed by atoms with E-state index >= 15 is 0 Å². The van der Waals surface area contributed by atoms with E-state index in [4.69, 9.17) is 10.2 Å². The summed E-state index contributed by atoms with van der Waals surface area (Å²) in [5.41, 5.74) is 8.93. The average Bonchev–Trinajstić information content (AvgIpc) is 3.67. The van der Waals surface area contributed by atoms with Crippen LogP contribution in [0.5, 0.6) is 0 Å². The first-order chi connectivity index (χ1) is 17.5. The third-order valence-electron chi connectivity index (χ3n) is 5.12. The molecule has 4 aromatic heterocycles. The number of pyridine rings is 1. The predicted octanol–water partition coefficient (Wildman–Crippen LogP) is 5.40. The van der Waals surface area contributed by atoms with Crippen LogP contribution in [0.1, 0.15) is 35.4 Å². The molecule has 0 spiro atoms. The molecule has 1 unspecified atom stereocenters. The van der Waals surface area contributed by atoms with E-state index in [-0.39, 0.29) is 23.7 Å². The molecule has 2 aliphatic heterocycles. The number of aliphatic hydroxyl groups is 2. The van der Waals surface area contributed by atoms with Gasteiger partial charge in [-0.1, -0.05) is 6.07 Å². The molecule has 0 amide bonds. The molecule has 0 saturated carbocycles. The number of hydrogen-bond donors (Lipinski definition) is 4. The molecule has 8 bridgehead atoms. The third-order valence-corrected chi connectivity index (χ3v) is 5.12. The molecule has 189 valence electrons. The molecule has 4 aromatic rings. The predicted molar refractivity (Wildman–Crippen MR) is 147 cm³/mol. The summed E-state index contributed by atoms with van der Waals surface area (Å²) in [6, 6.07) is 22.3. The maximum atomic E-state index is 8.11. The summed E-state index contributed by atoms with van der Waals surface area (Å²) in [4.78, 5) is 20.0. The smallest absolute Gasteiger partial charge is 0.0742 e. The van der Waals surface area contributed by atoms with Crippen LogP contribution in [0.15, 0.2) is 72.9 Å². The van der Waals surface area contributed by atoms with Crippen molar-refractivity contribution < 1.29 is 27.3 Å². The monoisotopic (exact) mass is 534 g/mol. The van der Waals surface area contributed by atoms with Crippen LogP contribution >= 0.6 is 0 Å². The summed E-state index contributed by atoms with van der Waals surface area (Å²) in [7, 11) is 0. The molecule has 6 heterocycles.